The van der Waals surface area contributed by atoms with Gasteiger partial charge in [0.15, 0.2) is 0 Å². The summed E-state index contributed by atoms with van der Waals surface area (Å²) in [7, 11) is 0. The molecule has 2 N–H and O–H groups in total. The number of anilines is 2. The molecule has 2 aromatic carbocycles. The zero-order valence-corrected chi connectivity index (χ0v) is 11.9. The molecule has 3 rings (SSSR count). The fraction of sp³-hybridized carbons (Fsp3) is 0.235. The summed E-state index contributed by atoms with van der Waals surface area (Å²) < 4.78 is 13.3. The molecule has 21 heavy (non-hydrogen) atoms. The van der Waals surface area contributed by atoms with E-state index in [1.54, 1.807) is 6.07 Å². The first kappa shape index (κ1) is 13.6. The van der Waals surface area contributed by atoms with Crippen LogP contribution in [0.1, 0.15) is 27.9 Å². The van der Waals surface area contributed by atoms with Gasteiger partial charge in [-0.1, -0.05) is 12.1 Å². The van der Waals surface area contributed by atoms with Crippen molar-refractivity contribution < 1.29 is 9.18 Å². The van der Waals surface area contributed by atoms with E-state index in [1.807, 2.05) is 25.1 Å². The van der Waals surface area contributed by atoms with Crippen LogP contribution >= 0.6 is 0 Å². The van der Waals surface area contributed by atoms with E-state index in [2.05, 4.69) is 10.6 Å². The predicted octanol–water partition coefficient (Wildman–Crippen LogP) is 3.74. The highest BCUT2D eigenvalue weighted by molar-refractivity contribution is 6.06. The number of benzene rings is 2. The van der Waals surface area contributed by atoms with E-state index in [1.165, 1.54) is 12.1 Å². The zero-order chi connectivity index (χ0) is 14.8. The highest BCUT2D eigenvalue weighted by Gasteiger charge is 2.17. The predicted molar refractivity (Wildman–Crippen MR) is 82.3 cm³/mol. The summed E-state index contributed by atoms with van der Waals surface area (Å²) in [4.78, 5) is 12.5. The van der Waals surface area contributed by atoms with Gasteiger partial charge in [0.05, 0.1) is 0 Å². The minimum absolute atomic E-state index is 0.191. The Kier molecular flexibility index (Phi) is 3.60. The van der Waals surface area contributed by atoms with E-state index in [-0.39, 0.29) is 11.7 Å². The van der Waals surface area contributed by atoms with Gasteiger partial charge in [0.25, 0.3) is 5.91 Å². The summed E-state index contributed by atoms with van der Waals surface area (Å²) in [6.07, 6.45) is 1.89. The van der Waals surface area contributed by atoms with Crippen LogP contribution in [0, 0.1) is 12.7 Å². The molecule has 3 nitrogen and oxygen atoms in total. The molecule has 2 aromatic rings. The highest BCUT2D eigenvalue weighted by Crippen LogP contribution is 2.26. The number of carbonyl (C=O) groups excluding carboxylic acids is 1. The van der Waals surface area contributed by atoms with Gasteiger partial charge in [-0.3, -0.25) is 4.79 Å². The summed E-state index contributed by atoms with van der Waals surface area (Å²) in [5.41, 5.74) is 4.07. The lowest BCUT2D eigenvalue weighted by Crippen LogP contribution is -2.19. The average molecular weight is 284 g/mol. The number of fused-ring (bicyclic) bond motifs is 1. The molecule has 0 fully saturated rings. The van der Waals surface area contributed by atoms with Crippen molar-refractivity contribution in [2.24, 2.45) is 0 Å². The lowest BCUT2D eigenvalue weighted by Gasteiger charge is -2.20. The van der Waals surface area contributed by atoms with Crippen LogP contribution in [0.5, 0.6) is 0 Å². The molecule has 0 spiro atoms. The number of nitrogens with one attached hydrogen (secondary N) is 2. The van der Waals surface area contributed by atoms with Gasteiger partial charge in [-0.25, -0.2) is 4.39 Å². The molecule has 1 amide bonds. The van der Waals surface area contributed by atoms with Gasteiger partial charge in [0, 0.05) is 23.5 Å². The Labute approximate surface area is 123 Å². The standard InChI is InChI=1S/C17H17FN2O/c1-11-7-8-12(18)10-16(11)20-17(21)14-4-2-6-15-13(14)5-3-9-19-15/h2,4,6-8,10,19H,3,5,9H2,1H3,(H,20,21). The van der Waals surface area contributed by atoms with Gasteiger partial charge >= 0.3 is 0 Å². The Morgan fingerprint density at radius 2 is 2.14 bits per heavy atom. The molecule has 1 aliphatic rings. The summed E-state index contributed by atoms with van der Waals surface area (Å²) in [5, 5.41) is 6.11. The number of carbonyl (C=O) groups is 1. The Hall–Kier alpha value is -2.36. The molecule has 0 atom stereocenters. The Morgan fingerprint density at radius 1 is 1.29 bits per heavy atom. The monoisotopic (exact) mass is 284 g/mol. The molecule has 0 saturated carbocycles. The van der Waals surface area contributed by atoms with E-state index in [0.717, 1.165) is 36.2 Å². The van der Waals surface area contributed by atoms with Crippen LogP contribution in [0.15, 0.2) is 36.4 Å². The van der Waals surface area contributed by atoms with E-state index in [4.69, 9.17) is 0 Å². The quantitative estimate of drug-likeness (QED) is 0.882. The van der Waals surface area contributed by atoms with E-state index in [0.29, 0.717) is 11.3 Å². The fourth-order valence-electron chi connectivity index (χ4n) is 2.64. The molecular formula is C17H17FN2O. The highest BCUT2D eigenvalue weighted by atomic mass is 19.1. The molecule has 0 aromatic heterocycles. The normalized spacial score (nSPS) is 13.2. The molecule has 0 saturated heterocycles. The molecule has 1 aliphatic heterocycles. The molecule has 0 unspecified atom stereocenters. The van der Waals surface area contributed by atoms with E-state index in [9.17, 15) is 9.18 Å². The molecule has 0 radical (unpaired) electrons. The summed E-state index contributed by atoms with van der Waals surface area (Å²) >= 11 is 0. The number of amides is 1. The molecule has 4 heteroatoms. The minimum atomic E-state index is -0.354. The minimum Gasteiger partial charge on any atom is -0.385 e. The second-order valence-electron chi connectivity index (χ2n) is 5.28. The third kappa shape index (κ3) is 2.75. The summed E-state index contributed by atoms with van der Waals surface area (Å²) in [6.45, 7) is 2.78. The van der Waals surface area contributed by atoms with Crippen molar-refractivity contribution in [1.82, 2.24) is 0 Å². The topological polar surface area (TPSA) is 41.1 Å². The number of hydrogen-bond acceptors (Lipinski definition) is 2. The number of hydrogen-bond donors (Lipinski definition) is 2. The maximum absolute atomic E-state index is 13.3. The van der Waals surface area contributed by atoms with Crippen molar-refractivity contribution in [2.75, 3.05) is 17.2 Å². The second kappa shape index (κ2) is 5.56. The fourth-order valence-corrected chi connectivity index (χ4v) is 2.64. The summed E-state index contributed by atoms with van der Waals surface area (Å²) in [6, 6.07) is 10.1. The average Bonchev–Trinajstić information content (AvgIpc) is 2.50. The Morgan fingerprint density at radius 3 is 3.00 bits per heavy atom. The first-order valence-electron chi connectivity index (χ1n) is 7.08. The van der Waals surface area contributed by atoms with Crippen molar-refractivity contribution in [3.63, 3.8) is 0 Å². The molecular weight excluding hydrogens is 267 g/mol. The van der Waals surface area contributed by atoms with Crippen LogP contribution in [0.4, 0.5) is 15.8 Å². The van der Waals surface area contributed by atoms with Gasteiger partial charge in [-0.15, -0.1) is 0 Å². The molecule has 1 heterocycles. The van der Waals surface area contributed by atoms with Crippen molar-refractivity contribution >= 4 is 17.3 Å². The molecule has 108 valence electrons. The Bertz CT molecular complexity index is 697. The third-order valence-electron chi connectivity index (χ3n) is 3.79. The SMILES string of the molecule is Cc1ccc(F)cc1NC(=O)c1cccc2c1CCCN2. The number of halogens is 1. The lowest BCUT2D eigenvalue weighted by molar-refractivity contribution is 0.102. The molecule has 0 aliphatic carbocycles. The smallest absolute Gasteiger partial charge is 0.256 e. The van der Waals surface area contributed by atoms with Crippen molar-refractivity contribution in [3.8, 4) is 0 Å². The number of aryl methyl sites for hydroxylation is 1. The van der Waals surface area contributed by atoms with Crippen molar-refractivity contribution in [1.29, 1.82) is 0 Å². The Balaban J connectivity index is 1.91. The number of rotatable bonds is 2. The second-order valence-corrected chi connectivity index (χ2v) is 5.28. The third-order valence-corrected chi connectivity index (χ3v) is 3.79. The first-order valence-corrected chi connectivity index (χ1v) is 7.08. The van der Waals surface area contributed by atoms with Crippen LogP contribution in [-0.2, 0) is 6.42 Å². The van der Waals surface area contributed by atoms with Crippen LogP contribution in [0.25, 0.3) is 0 Å². The van der Waals surface area contributed by atoms with Crippen LogP contribution in [-0.4, -0.2) is 12.5 Å². The maximum atomic E-state index is 13.3. The van der Waals surface area contributed by atoms with E-state index < -0.39 is 0 Å². The van der Waals surface area contributed by atoms with Crippen LogP contribution in [0.3, 0.4) is 0 Å². The largest absolute Gasteiger partial charge is 0.385 e. The van der Waals surface area contributed by atoms with Crippen LogP contribution in [0.2, 0.25) is 0 Å². The van der Waals surface area contributed by atoms with Gasteiger partial charge in [0.2, 0.25) is 0 Å². The van der Waals surface area contributed by atoms with Crippen molar-refractivity contribution in [3.05, 3.63) is 58.9 Å². The van der Waals surface area contributed by atoms with E-state index >= 15 is 0 Å². The summed E-state index contributed by atoms with van der Waals surface area (Å²) in [5.74, 6) is -0.545. The maximum Gasteiger partial charge on any atom is 0.256 e. The van der Waals surface area contributed by atoms with Gasteiger partial charge in [0.1, 0.15) is 5.82 Å². The van der Waals surface area contributed by atoms with Gasteiger partial charge in [-0.2, -0.15) is 0 Å². The first-order chi connectivity index (χ1) is 10.1. The van der Waals surface area contributed by atoms with Crippen LogP contribution < -0.4 is 10.6 Å². The molecule has 0 bridgehead atoms. The zero-order valence-electron chi connectivity index (χ0n) is 11.9. The van der Waals surface area contributed by atoms with Crippen molar-refractivity contribution in [2.45, 2.75) is 19.8 Å². The van der Waals surface area contributed by atoms with Gasteiger partial charge < -0.3 is 10.6 Å². The van der Waals surface area contributed by atoms with Gasteiger partial charge in [-0.05, 0) is 55.2 Å². The lowest BCUT2D eigenvalue weighted by atomic mass is 9.97.